The number of aldehydes is 1. The molecule has 0 aliphatic rings. The first-order chi connectivity index (χ1) is 8.26. The van der Waals surface area contributed by atoms with Gasteiger partial charge in [0.1, 0.15) is 17.2 Å². The molecule has 0 spiro atoms. The monoisotopic (exact) mass is 249 g/mol. The summed E-state index contributed by atoms with van der Waals surface area (Å²) >= 11 is 5.82. The van der Waals surface area contributed by atoms with Gasteiger partial charge in [-0.05, 0) is 6.07 Å². The van der Waals surface area contributed by atoms with E-state index in [1.165, 1.54) is 13.4 Å². The Morgan fingerprint density at radius 2 is 2.18 bits per heavy atom. The molecule has 0 aromatic carbocycles. The van der Waals surface area contributed by atoms with E-state index in [0.717, 1.165) is 0 Å². The molecular weight excluding hydrogens is 242 g/mol. The number of pyridine rings is 1. The topological polar surface area (TPSA) is 65.0 Å². The molecule has 5 nitrogen and oxygen atoms in total. The van der Waals surface area contributed by atoms with Gasteiger partial charge in [0.2, 0.25) is 0 Å². The van der Waals surface area contributed by atoms with E-state index in [1.807, 2.05) is 0 Å². The van der Waals surface area contributed by atoms with Gasteiger partial charge in [0.25, 0.3) is 0 Å². The normalized spacial score (nSPS) is 10.0. The standard InChI is InChI=1S/C11H8ClN3O2/c1-17-8-2-7(3-13-4-8)10-9(5-16)11(12)15-6-14-10/h2-6H,1H3. The van der Waals surface area contributed by atoms with Crippen LogP contribution in [-0.4, -0.2) is 28.3 Å². The third kappa shape index (κ3) is 2.24. The van der Waals surface area contributed by atoms with Crippen molar-refractivity contribution >= 4 is 17.9 Å². The zero-order chi connectivity index (χ0) is 12.3. The van der Waals surface area contributed by atoms with Gasteiger partial charge >= 0.3 is 0 Å². The Balaban J connectivity index is 2.59. The van der Waals surface area contributed by atoms with E-state index in [9.17, 15) is 4.79 Å². The number of methoxy groups -OCH3 is 1. The summed E-state index contributed by atoms with van der Waals surface area (Å²) in [5.74, 6) is 0.578. The van der Waals surface area contributed by atoms with E-state index in [2.05, 4.69) is 15.0 Å². The molecule has 0 bridgehead atoms. The molecule has 2 heterocycles. The number of rotatable bonds is 3. The molecule has 6 heteroatoms. The van der Waals surface area contributed by atoms with Gasteiger partial charge in [0, 0.05) is 11.8 Å². The fourth-order valence-corrected chi connectivity index (χ4v) is 1.55. The van der Waals surface area contributed by atoms with Gasteiger partial charge < -0.3 is 4.74 Å². The summed E-state index contributed by atoms with van der Waals surface area (Å²) in [6, 6.07) is 1.72. The number of carbonyl (C=O) groups is 1. The Kier molecular flexibility index (Phi) is 3.30. The molecule has 0 saturated carbocycles. The molecule has 0 amide bonds. The van der Waals surface area contributed by atoms with Crippen LogP contribution in [0.15, 0.2) is 24.8 Å². The minimum atomic E-state index is 0.118. The van der Waals surface area contributed by atoms with Crippen LogP contribution in [0.4, 0.5) is 0 Å². The quantitative estimate of drug-likeness (QED) is 0.615. The van der Waals surface area contributed by atoms with Crippen LogP contribution in [0, 0.1) is 0 Å². The number of hydrogen-bond acceptors (Lipinski definition) is 5. The second-order valence-corrected chi connectivity index (χ2v) is 3.52. The van der Waals surface area contributed by atoms with Crippen molar-refractivity contribution in [3.05, 3.63) is 35.5 Å². The van der Waals surface area contributed by atoms with Crippen LogP contribution >= 0.6 is 11.6 Å². The van der Waals surface area contributed by atoms with E-state index in [1.54, 1.807) is 18.5 Å². The van der Waals surface area contributed by atoms with Gasteiger partial charge in [-0.1, -0.05) is 11.6 Å². The number of ether oxygens (including phenoxy) is 1. The van der Waals surface area contributed by atoms with Crippen molar-refractivity contribution in [1.82, 2.24) is 15.0 Å². The predicted octanol–water partition coefficient (Wildman–Crippen LogP) is 2.01. The molecule has 0 N–H and O–H groups in total. The average Bonchev–Trinajstić information content (AvgIpc) is 2.38. The maximum absolute atomic E-state index is 11.0. The minimum Gasteiger partial charge on any atom is -0.495 e. The lowest BCUT2D eigenvalue weighted by molar-refractivity contribution is 0.112. The van der Waals surface area contributed by atoms with Crippen molar-refractivity contribution in [2.45, 2.75) is 0 Å². The highest BCUT2D eigenvalue weighted by atomic mass is 35.5. The number of halogens is 1. The Bertz CT molecular complexity index is 560. The Morgan fingerprint density at radius 1 is 1.35 bits per heavy atom. The summed E-state index contributed by atoms with van der Waals surface area (Å²) in [6.45, 7) is 0. The molecule has 86 valence electrons. The molecule has 0 aliphatic carbocycles. The SMILES string of the molecule is COc1cncc(-c2ncnc(Cl)c2C=O)c1. The summed E-state index contributed by atoms with van der Waals surface area (Å²) in [5.41, 5.74) is 1.33. The largest absolute Gasteiger partial charge is 0.495 e. The average molecular weight is 250 g/mol. The minimum absolute atomic E-state index is 0.118. The van der Waals surface area contributed by atoms with E-state index >= 15 is 0 Å². The Hall–Kier alpha value is -2.01. The van der Waals surface area contributed by atoms with Crippen LogP contribution in [0.5, 0.6) is 5.75 Å². The molecule has 2 aromatic rings. The molecular formula is C11H8ClN3O2. The molecule has 0 fully saturated rings. The lowest BCUT2D eigenvalue weighted by Crippen LogP contribution is -1.96. The smallest absolute Gasteiger partial charge is 0.155 e. The summed E-state index contributed by atoms with van der Waals surface area (Å²) in [5, 5.41) is 0.118. The fraction of sp³-hybridized carbons (Fsp3) is 0.0909. The fourth-order valence-electron chi connectivity index (χ4n) is 1.37. The van der Waals surface area contributed by atoms with Gasteiger partial charge in [-0.3, -0.25) is 9.78 Å². The molecule has 17 heavy (non-hydrogen) atoms. The van der Waals surface area contributed by atoms with Gasteiger partial charge in [0.05, 0.1) is 24.6 Å². The highest BCUT2D eigenvalue weighted by molar-refractivity contribution is 6.32. The van der Waals surface area contributed by atoms with Crippen molar-refractivity contribution in [2.75, 3.05) is 7.11 Å². The van der Waals surface area contributed by atoms with Gasteiger partial charge in [-0.25, -0.2) is 9.97 Å². The molecule has 2 aromatic heterocycles. The predicted molar refractivity (Wildman–Crippen MR) is 62.2 cm³/mol. The molecule has 0 radical (unpaired) electrons. The Labute approximate surface area is 102 Å². The third-order valence-electron chi connectivity index (χ3n) is 2.18. The van der Waals surface area contributed by atoms with E-state index in [0.29, 0.717) is 23.3 Å². The maximum atomic E-state index is 11.0. The molecule has 0 saturated heterocycles. The van der Waals surface area contributed by atoms with Crippen LogP contribution in [0.3, 0.4) is 0 Å². The second-order valence-electron chi connectivity index (χ2n) is 3.16. The molecule has 0 unspecified atom stereocenters. The number of aromatic nitrogens is 3. The first-order valence-corrected chi connectivity index (χ1v) is 5.09. The number of nitrogens with zero attached hydrogens (tertiary/aromatic N) is 3. The molecule has 0 aliphatic heterocycles. The van der Waals surface area contributed by atoms with Crippen LogP contribution in [0.25, 0.3) is 11.3 Å². The highest BCUT2D eigenvalue weighted by Crippen LogP contribution is 2.25. The van der Waals surface area contributed by atoms with E-state index in [-0.39, 0.29) is 10.7 Å². The van der Waals surface area contributed by atoms with E-state index < -0.39 is 0 Å². The second kappa shape index (κ2) is 4.88. The van der Waals surface area contributed by atoms with Crippen LogP contribution in [-0.2, 0) is 0 Å². The summed E-state index contributed by atoms with van der Waals surface area (Å²) < 4.78 is 5.05. The number of carbonyl (C=O) groups excluding carboxylic acids is 1. The molecule has 2 rings (SSSR count). The zero-order valence-corrected chi connectivity index (χ0v) is 9.68. The summed E-state index contributed by atoms with van der Waals surface area (Å²) in [4.78, 5) is 22.7. The van der Waals surface area contributed by atoms with Crippen LogP contribution in [0.2, 0.25) is 5.15 Å². The summed E-state index contributed by atoms with van der Waals surface area (Å²) in [7, 11) is 1.54. The first kappa shape index (κ1) is 11.5. The van der Waals surface area contributed by atoms with Crippen molar-refractivity contribution in [2.24, 2.45) is 0 Å². The Morgan fingerprint density at radius 3 is 2.88 bits per heavy atom. The third-order valence-corrected chi connectivity index (χ3v) is 2.48. The van der Waals surface area contributed by atoms with Crippen molar-refractivity contribution in [3.63, 3.8) is 0 Å². The zero-order valence-electron chi connectivity index (χ0n) is 8.92. The van der Waals surface area contributed by atoms with E-state index in [4.69, 9.17) is 16.3 Å². The molecule has 0 atom stereocenters. The maximum Gasteiger partial charge on any atom is 0.155 e. The van der Waals surface area contributed by atoms with Gasteiger partial charge in [-0.2, -0.15) is 0 Å². The summed E-state index contributed by atoms with van der Waals surface area (Å²) in [6.07, 6.45) is 5.06. The van der Waals surface area contributed by atoms with Crippen molar-refractivity contribution < 1.29 is 9.53 Å². The number of hydrogen-bond donors (Lipinski definition) is 0. The lowest BCUT2D eigenvalue weighted by atomic mass is 10.1. The first-order valence-electron chi connectivity index (χ1n) is 4.71. The van der Waals surface area contributed by atoms with Crippen LogP contribution in [0.1, 0.15) is 10.4 Å². The van der Waals surface area contributed by atoms with Crippen molar-refractivity contribution in [1.29, 1.82) is 0 Å². The van der Waals surface area contributed by atoms with Gasteiger partial charge in [0.15, 0.2) is 6.29 Å². The van der Waals surface area contributed by atoms with Gasteiger partial charge in [-0.15, -0.1) is 0 Å². The lowest BCUT2D eigenvalue weighted by Gasteiger charge is -2.05. The van der Waals surface area contributed by atoms with Crippen molar-refractivity contribution in [3.8, 4) is 17.0 Å². The van der Waals surface area contributed by atoms with Crippen LogP contribution < -0.4 is 4.74 Å². The highest BCUT2D eigenvalue weighted by Gasteiger charge is 2.11.